The molecule has 0 aliphatic heterocycles. The van der Waals surface area contributed by atoms with E-state index < -0.39 is 22.0 Å². The fourth-order valence-electron chi connectivity index (χ4n) is 1.62. The molecule has 8 nitrogen and oxygen atoms in total. The normalized spacial score (nSPS) is 13.6. The summed E-state index contributed by atoms with van der Waals surface area (Å²) in [5, 5.41) is 21.9. The van der Waals surface area contributed by atoms with Crippen molar-refractivity contribution in [3.63, 3.8) is 0 Å². The summed E-state index contributed by atoms with van der Waals surface area (Å²) in [5.74, 6) is 0.594. The highest BCUT2D eigenvalue weighted by atomic mass is 32.2. The first-order valence-corrected chi connectivity index (χ1v) is 8.50. The first kappa shape index (κ1) is 19.3. The quantitative estimate of drug-likeness (QED) is 0.449. The zero-order valence-corrected chi connectivity index (χ0v) is 14.0. The van der Waals surface area contributed by atoms with Crippen molar-refractivity contribution in [1.82, 2.24) is 5.32 Å². The monoisotopic (exact) mass is 346 g/mol. The van der Waals surface area contributed by atoms with Crippen molar-refractivity contribution in [3.8, 4) is 5.75 Å². The summed E-state index contributed by atoms with van der Waals surface area (Å²) < 4.78 is 17.3. The van der Waals surface area contributed by atoms with E-state index in [9.17, 15) is 19.4 Å². The van der Waals surface area contributed by atoms with Gasteiger partial charge in [0.05, 0.1) is 16.6 Å². The van der Waals surface area contributed by atoms with Crippen molar-refractivity contribution >= 4 is 10.8 Å². The van der Waals surface area contributed by atoms with Gasteiger partial charge in [0.15, 0.2) is 0 Å². The fraction of sp³-hybridized carbons (Fsp3) is 0.571. The third-order valence-electron chi connectivity index (χ3n) is 2.76. The van der Waals surface area contributed by atoms with E-state index in [1.54, 1.807) is 24.3 Å². The van der Waals surface area contributed by atoms with Crippen molar-refractivity contribution in [3.05, 3.63) is 34.4 Å². The molecule has 1 aromatic carbocycles. The molecule has 0 heterocycles. The molecule has 130 valence electrons. The van der Waals surface area contributed by atoms with Crippen molar-refractivity contribution < 1.29 is 24.0 Å². The summed E-state index contributed by atoms with van der Waals surface area (Å²) in [7, 11) is -1.37. The van der Waals surface area contributed by atoms with Gasteiger partial charge in [0, 0.05) is 17.5 Å². The Labute approximate surface area is 137 Å². The molecule has 0 fully saturated rings. The van der Waals surface area contributed by atoms with Crippen LogP contribution in [-0.4, -0.2) is 52.1 Å². The Bertz CT molecular complexity index is 508. The number of ether oxygens (including phenoxy) is 1. The first-order chi connectivity index (χ1) is 10.9. The minimum Gasteiger partial charge on any atom is -0.491 e. The zero-order chi connectivity index (χ0) is 17.2. The van der Waals surface area contributed by atoms with Crippen LogP contribution in [0.25, 0.3) is 0 Å². The van der Waals surface area contributed by atoms with Gasteiger partial charge in [-0.05, 0) is 24.3 Å². The second-order valence-electron chi connectivity index (χ2n) is 5.11. The van der Waals surface area contributed by atoms with E-state index in [2.05, 4.69) is 10.2 Å². The molecule has 0 saturated carbocycles. The van der Waals surface area contributed by atoms with Gasteiger partial charge in [-0.2, -0.15) is 0 Å². The van der Waals surface area contributed by atoms with Gasteiger partial charge >= 0.3 is 0 Å². The molecule has 23 heavy (non-hydrogen) atoms. The summed E-state index contributed by atoms with van der Waals surface area (Å²) in [6, 6.07) is 6.82. The Morgan fingerprint density at radius 1 is 1.35 bits per heavy atom. The molecule has 9 heteroatoms. The topological polar surface area (TPSA) is 111 Å². The van der Waals surface area contributed by atoms with E-state index in [-0.39, 0.29) is 19.0 Å². The van der Waals surface area contributed by atoms with Gasteiger partial charge in [0.25, 0.3) is 5.09 Å². The van der Waals surface area contributed by atoms with E-state index in [4.69, 9.17) is 4.74 Å². The minimum atomic E-state index is -1.37. The van der Waals surface area contributed by atoms with Crippen LogP contribution in [0.5, 0.6) is 5.75 Å². The molecule has 0 amide bonds. The standard InChI is InChI=1S/C14H22N2O6S/c1-11(2)15-9-12(17)10-21-13-3-5-14(6-4-13)23(20)8-7-22-16(18)19/h3-6,11-12,15,17H,7-10H2,1-2H3. The second-order valence-corrected chi connectivity index (χ2v) is 6.68. The average Bonchev–Trinajstić information content (AvgIpc) is 2.51. The summed E-state index contributed by atoms with van der Waals surface area (Å²) in [6.45, 7) is 4.36. The summed E-state index contributed by atoms with van der Waals surface area (Å²) >= 11 is 0. The fourth-order valence-corrected chi connectivity index (χ4v) is 2.52. The van der Waals surface area contributed by atoms with Crippen molar-refractivity contribution in [2.24, 2.45) is 0 Å². The van der Waals surface area contributed by atoms with Crippen LogP contribution < -0.4 is 10.1 Å². The van der Waals surface area contributed by atoms with Crippen LogP contribution in [0, 0.1) is 10.1 Å². The maximum Gasteiger partial charge on any atom is 0.294 e. The Balaban J connectivity index is 2.38. The number of aliphatic hydroxyl groups is 1. The van der Waals surface area contributed by atoms with E-state index in [0.29, 0.717) is 23.2 Å². The molecule has 0 aliphatic rings. The van der Waals surface area contributed by atoms with E-state index >= 15 is 0 Å². The number of nitrogens with zero attached hydrogens (tertiary/aromatic N) is 1. The number of hydrogen-bond donors (Lipinski definition) is 2. The molecule has 0 radical (unpaired) electrons. The third-order valence-corrected chi connectivity index (χ3v) is 4.09. The Kier molecular flexibility index (Phi) is 8.52. The van der Waals surface area contributed by atoms with Crippen LogP contribution in [0.4, 0.5) is 0 Å². The van der Waals surface area contributed by atoms with Crippen LogP contribution in [0.2, 0.25) is 0 Å². The second kappa shape index (κ2) is 10.1. The lowest BCUT2D eigenvalue weighted by Gasteiger charge is -2.15. The van der Waals surface area contributed by atoms with Crippen molar-refractivity contribution in [1.29, 1.82) is 0 Å². The van der Waals surface area contributed by atoms with E-state index in [0.717, 1.165) is 0 Å². The van der Waals surface area contributed by atoms with Crippen molar-refractivity contribution in [2.45, 2.75) is 30.9 Å². The molecular formula is C14H22N2O6S. The summed E-state index contributed by atoms with van der Waals surface area (Å²) in [6.07, 6.45) is -0.620. The maximum atomic E-state index is 11.9. The zero-order valence-electron chi connectivity index (χ0n) is 13.1. The molecular weight excluding hydrogens is 324 g/mol. The van der Waals surface area contributed by atoms with Gasteiger partial charge in [0.1, 0.15) is 25.1 Å². The van der Waals surface area contributed by atoms with Gasteiger partial charge in [-0.3, -0.25) is 4.21 Å². The van der Waals surface area contributed by atoms with Gasteiger partial charge in [-0.15, -0.1) is 10.1 Å². The lowest BCUT2D eigenvalue weighted by molar-refractivity contribution is -0.756. The highest BCUT2D eigenvalue weighted by molar-refractivity contribution is 7.85. The van der Waals surface area contributed by atoms with Crippen LogP contribution in [0.3, 0.4) is 0 Å². The van der Waals surface area contributed by atoms with E-state index in [1.165, 1.54) is 0 Å². The Morgan fingerprint density at radius 2 is 2.00 bits per heavy atom. The van der Waals surface area contributed by atoms with Crippen LogP contribution in [-0.2, 0) is 15.6 Å². The highest BCUT2D eigenvalue weighted by Crippen LogP contribution is 2.15. The molecule has 0 bridgehead atoms. The molecule has 2 atom stereocenters. The first-order valence-electron chi connectivity index (χ1n) is 7.18. The summed E-state index contributed by atoms with van der Waals surface area (Å²) in [4.78, 5) is 14.7. The number of aliphatic hydroxyl groups excluding tert-OH is 1. The average molecular weight is 346 g/mol. The van der Waals surface area contributed by atoms with E-state index in [1.807, 2.05) is 13.8 Å². The molecule has 2 N–H and O–H groups in total. The largest absolute Gasteiger partial charge is 0.491 e. The minimum absolute atomic E-state index is 0.0424. The number of nitrogens with one attached hydrogen (secondary N) is 1. The third kappa shape index (κ3) is 8.48. The molecule has 0 aliphatic carbocycles. The smallest absolute Gasteiger partial charge is 0.294 e. The highest BCUT2D eigenvalue weighted by Gasteiger charge is 2.08. The molecule has 1 aromatic rings. The van der Waals surface area contributed by atoms with Crippen LogP contribution >= 0.6 is 0 Å². The number of benzene rings is 1. The number of hydrogen-bond acceptors (Lipinski definition) is 7. The van der Waals surface area contributed by atoms with Crippen LogP contribution in [0.15, 0.2) is 29.2 Å². The van der Waals surface area contributed by atoms with Crippen molar-refractivity contribution in [2.75, 3.05) is 25.5 Å². The summed E-state index contributed by atoms with van der Waals surface area (Å²) in [5.41, 5.74) is 0. The van der Waals surface area contributed by atoms with Gasteiger partial charge in [-0.25, -0.2) is 0 Å². The Morgan fingerprint density at radius 3 is 2.57 bits per heavy atom. The number of rotatable bonds is 11. The molecule has 0 spiro atoms. The molecule has 1 rings (SSSR count). The predicted molar refractivity (Wildman–Crippen MR) is 85.3 cm³/mol. The SMILES string of the molecule is CC(C)NCC(O)COc1ccc(S(=O)CCO[N+](=O)[O-])cc1. The Hall–Kier alpha value is -1.71. The van der Waals surface area contributed by atoms with Crippen LogP contribution in [0.1, 0.15) is 13.8 Å². The predicted octanol–water partition coefficient (Wildman–Crippen LogP) is 0.740. The maximum absolute atomic E-state index is 11.9. The lowest BCUT2D eigenvalue weighted by Crippen LogP contribution is -2.35. The van der Waals surface area contributed by atoms with Gasteiger partial charge in [0.2, 0.25) is 0 Å². The van der Waals surface area contributed by atoms with Gasteiger partial charge in [-0.1, -0.05) is 13.8 Å². The molecule has 0 aromatic heterocycles. The molecule has 0 saturated heterocycles. The molecule has 2 unspecified atom stereocenters. The van der Waals surface area contributed by atoms with Gasteiger partial charge < -0.3 is 20.0 Å². The lowest BCUT2D eigenvalue weighted by atomic mass is 10.3.